The number of methoxy groups -OCH3 is 1. The monoisotopic (exact) mass is 619 g/mol. The lowest BCUT2D eigenvalue weighted by molar-refractivity contribution is -0.113. The summed E-state index contributed by atoms with van der Waals surface area (Å²) in [6.45, 7) is 4.26. The van der Waals surface area contributed by atoms with Crippen LogP contribution in [0.4, 0.5) is 5.69 Å². The lowest BCUT2D eigenvalue weighted by Gasteiger charge is -2.17. The number of thiocarbonyl (C=S) groups is 1. The van der Waals surface area contributed by atoms with Crippen LogP contribution < -0.4 is 14.4 Å². The van der Waals surface area contributed by atoms with Crippen molar-refractivity contribution in [1.82, 2.24) is 0 Å². The van der Waals surface area contributed by atoms with Gasteiger partial charge in [-0.25, -0.2) is 0 Å². The van der Waals surface area contributed by atoms with E-state index in [0.29, 0.717) is 49.5 Å². The second-order valence-corrected chi connectivity index (χ2v) is 11.2. The first kappa shape index (κ1) is 26.8. The number of thioether (sulfide) groups is 1. The molecule has 3 aromatic rings. The quantitative estimate of drug-likeness (QED) is 0.143. The minimum Gasteiger partial charge on any atom is -0.493 e. The van der Waals surface area contributed by atoms with Crippen molar-refractivity contribution in [2.75, 3.05) is 12.0 Å². The molecule has 1 heterocycles. The predicted molar refractivity (Wildman–Crippen MR) is 157 cm³/mol. The number of hydrogen-bond acceptors (Lipinski definition) is 5. The van der Waals surface area contributed by atoms with Gasteiger partial charge in [0.05, 0.1) is 22.7 Å². The van der Waals surface area contributed by atoms with Gasteiger partial charge in [0, 0.05) is 15.1 Å². The lowest BCUT2D eigenvalue weighted by atomic mass is 10.0. The molecule has 0 atom stereocenters. The fourth-order valence-corrected chi connectivity index (χ4v) is 5.66. The highest BCUT2D eigenvalue weighted by molar-refractivity contribution is 9.10. The average Bonchev–Trinajstić information content (AvgIpc) is 3.12. The van der Waals surface area contributed by atoms with E-state index in [9.17, 15) is 4.79 Å². The fourth-order valence-electron chi connectivity index (χ4n) is 3.62. The maximum Gasteiger partial charge on any atom is 0.270 e. The van der Waals surface area contributed by atoms with E-state index in [1.54, 1.807) is 37.5 Å². The predicted octanol–water partition coefficient (Wildman–Crippen LogP) is 8.48. The van der Waals surface area contributed by atoms with Gasteiger partial charge in [-0.3, -0.25) is 9.69 Å². The third-order valence-electron chi connectivity index (χ3n) is 5.28. The van der Waals surface area contributed by atoms with E-state index in [-0.39, 0.29) is 5.91 Å². The molecule has 0 spiro atoms. The molecule has 0 radical (unpaired) electrons. The summed E-state index contributed by atoms with van der Waals surface area (Å²) in [6.07, 6.45) is 4.15. The highest BCUT2D eigenvalue weighted by atomic mass is 79.9. The van der Waals surface area contributed by atoms with E-state index >= 15 is 0 Å². The number of rotatable bonds is 8. The van der Waals surface area contributed by atoms with Crippen LogP contribution in [-0.2, 0) is 17.8 Å². The largest absolute Gasteiger partial charge is 0.493 e. The van der Waals surface area contributed by atoms with Gasteiger partial charge in [-0.1, -0.05) is 81.3 Å². The molecular weight excluding hydrogens is 601 g/mol. The van der Waals surface area contributed by atoms with E-state index in [1.807, 2.05) is 36.4 Å². The van der Waals surface area contributed by atoms with Crippen LogP contribution >= 0.6 is 63.1 Å². The van der Waals surface area contributed by atoms with Crippen LogP contribution in [0.15, 0.2) is 76.6 Å². The standard InChI is InChI=1S/C27H20BrCl2NO3S2/c1-3-4-18-11-17(12-23(33-2)25(18)34-15-16-5-7-19(28)8-6-16)13-24-26(32)31(27(35)36-24)22-10-9-20(29)14-21(22)30/h3,5-14H,1,4,15H2,2H3/b24-13+. The Kier molecular flexibility index (Phi) is 8.80. The summed E-state index contributed by atoms with van der Waals surface area (Å²) in [4.78, 5) is 15.1. The lowest BCUT2D eigenvalue weighted by Crippen LogP contribution is -2.27. The van der Waals surface area contributed by atoms with Crippen molar-refractivity contribution in [3.8, 4) is 11.5 Å². The Morgan fingerprint density at radius 1 is 1.14 bits per heavy atom. The molecule has 3 aromatic carbocycles. The Morgan fingerprint density at radius 2 is 1.89 bits per heavy atom. The third kappa shape index (κ3) is 5.98. The SMILES string of the molecule is C=CCc1cc(/C=C2/SC(=S)N(c3ccc(Cl)cc3Cl)C2=O)cc(OC)c1OCc1ccc(Br)cc1. The number of nitrogens with zero attached hydrogens (tertiary/aromatic N) is 1. The molecule has 1 fully saturated rings. The number of hydrogen-bond donors (Lipinski definition) is 0. The summed E-state index contributed by atoms with van der Waals surface area (Å²) in [6, 6.07) is 16.7. The highest BCUT2D eigenvalue weighted by Gasteiger charge is 2.34. The van der Waals surface area contributed by atoms with Crippen molar-refractivity contribution in [3.05, 3.63) is 103 Å². The van der Waals surface area contributed by atoms with Crippen molar-refractivity contribution < 1.29 is 14.3 Å². The molecule has 36 heavy (non-hydrogen) atoms. The number of anilines is 1. The first-order chi connectivity index (χ1) is 17.3. The zero-order valence-electron chi connectivity index (χ0n) is 19.1. The summed E-state index contributed by atoms with van der Waals surface area (Å²) in [7, 11) is 1.59. The van der Waals surface area contributed by atoms with Crippen molar-refractivity contribution in [1.29, 1.82) is 0 Å². The topological polar surface area (TPSA) is 38.8 Å². The number of carbonyl (C=O) groups excluding carboxylic acids is 1. The maximum atomic E-state index is 13.3. The molecule has 4 nitrogen and oxygen atoms in total. The van der Waals surface area contributed by atoms with E-state index in [2.05, 4.69) is 22.5 Å². The van der Waals surface area contributed by atoms with Gasteiger partial charge in [-0.15, -0.1) is 6.58 Å². The molecule has 9 heteroatoms. The van der Waals surface area contributed by atoms with E-state index in [1.165, 1.54) is 16.7 Å². The van der Waals surface area contributed by atoms with Gasteiger partial charge >= 0.3 is 0 Å². The van der Waals surface area contributed by atoms with E-state index < -0.39 is 0 Å². The number of carbonyl (C=O) groups is 1. The minimum atomic E-state index is -0.256. The van der Waals surface area contributed by atoms with Crippen LogP contribution in [-0.4, -0.2) is 17.3 Å². The first-order valence-electron chi connectivity index (χ1n) is 10.7. The summed E-state index contributed by atoms with van der Waals surface area (Å²) in [5.74, 6) is 0.945. The number of halogens is 3. The molecular formula is C27H20BrCl2NO3S2. The molecule has 0 N–H and O–H groups in total. The number of benzene rings is 3. The molecule has 0 unspecified atom stereocenters. The van der Waals surface area contributed by atoms with Crippen molar-refractivity contribution in [3.63, 3.8) is 0 Å². The number of allylic oxidation sites excluding steroid dienone is 1. The summed E-state index contributed by atoms with van der Waals surface area (Å²) >= 11 is 22.5. The smallest absolute Gasteiger partial charge is 0.270 e. The summed E-state index contributed by atoms with van der Waals surface area (Å²) in [5, 5.41) is 0.830. The van der Waals surface area contributed by atoms with Crippen molar-refractivity contribution in [2.24, 2.45) is 0 Å². The van der Waals surface area contributed by atoms with E-state index in [4.69, 9.17) is 44.9 Å². The van der Waals surface area contributed by atoms with Crippen LogP contribution in [0.5, 0.6) is 11.5 Å². The molecule has 0 bridgehead atoms. The Morgan fingerprint density at radius 3 is 2.56 bits per heavy atom. The zero-order valence-corrected chi connectivity index (χ0v) is 23.8. The molecule has 1 aliphatic rings. The Hall–Kier alpha value is -2.29. The minimum absolute atomic E-state index is 0.256. The van der Waals surface area contributed by atoms with Crippen LogP contribution in [0.2, 0.25) is 10.0 Å². The number of ether oxygens (including phenoxy) is 2. The van der Waals surface area contributed by atoms with Gasteiger partial charge in [0.2, 0.25) is 0 Å². The molecule has 4 rings (SSSR count). The normalized spacial score (nSPS) is 14.4. The second kappa shape index (κ2) is 11.8. The fraction of sp³-hybridized carbons (Fsp3) is 0.111. The summed E-state index contributed by atoms with van der Waals surface area (Å²) in [5.41, 5.74) is 3.19. The maximum absolute atomic E-state index is 13.3. The van der Waals surface area contributed by atoms with Gasteiger partial charge in [0.1, 0.15) is 6.61 Å². The van der Waals surface area contributed by atoms with E-state index in [0.717, 1.165) is 21.2 Å². The van der Waals surface area contributed by atoms with Crippen LogP contribution in [0.1, 0.15) is 16.7 Å². The van der Waals surface area contributed by atoms with Crippen molar-refractivity contribution >= 4 is 85.1 Å². The molecule has 0 saturated carbocycles. The molecule has 1 amide bonds. The molecule has 184 valence electrons. The molecule has 1 aliphatic heterocycles. The van der Waals surface area contributed by atoms with Crippen molar-refractivity contribution in [2.45, 2.75) is 13.0 Å². The first-order valence-corrected chi connectivity index (χ1v) is 13.5. The molecule has 0 aromatic heterocycles. The Bertz CT molecular complexity index is 1380. The molecule has 1 saturated heterocycles. The average molecular weight is 621 g/mol. The Labute approximate surface area is 238 Å². The van der Waals surface area contributed by atoms with Gasteiger partial charge in [0.25, 0.3) is 5.91 Å². The Balaban J connectivity index is 1.64. The highest BCUT2D eigenvalue weighted by Crippen LogP contribution is 2.41. The zero-order chi connectivity index (χ0) is 25.8. The number of amides is 1. The van der Waals surface area contributed by atoms with Crippen LogP contribution in [0, 0.1) is 0 Å². The second-order valence-electron chi connectivity index (χ2n) is 7.73. The van der Waals surface area contributed by atoms with Gasteiger partial charge < -0.3 is 9.47 Å². The molecule has 0 aliphatic carbocycles. The van der Waals surface area contributed by atoms with Crippen LogP contribution in [0.25, 0.3) is 6.08 Å². The van der Waals surface area contributed by atoms with Gasteiger partial charge in [0.15, 0.2) is 15.8 Å². The van der Waals surface area contributed by atoms with Crippen LogP contribution in [0.3, 0.4) is 0 Å². The third-order valence-corrected chi connectivity index (χ3v) is 7.65. The summed E-state index contributed by atoms with van der Waals surface area (Å²) < 4.78 is 13.2. The van der Waals surface area contributed by atoms with Gasteiger partial charge in [-0.2, -0.15) is 0 Å². The van der Waals surface area contributed by atoms with Gasteiger partial charge in [-0.05, 0) is 66.1 Å².